The maximum atomic E-state index is 11.4. The van der Waals surface area contributed by atoms with Crippen LogP contribution in [-0.2, 0) is 29.2 Å². The molecule has 0 radical (unpaired) electrons. The van der Waals surface area contributed by atoms with Gasteiger partial charge in [0, 0.05) is 0 Å². The van der Waals surface area contributed by atoms with E-state index in [1.165, 1.54) is 0 Å². The molecule has 0 unspecified atom stereocenters. The molecule has 3 saturated carbocycles. The fourth-order valence-electron chi connectivity index (χ4n) is 9.11. The van der Waals surface area contributed by atoms with Gasteiger partial charge >= 0.3 is 20.8 Å². The second-order valence-corrected chi connectivity index (χ2v) is 15.5. The minimum absolute atomic E-state index is 0.0150. The predicted octanol–water partition coefficient (Wildman–Crippen LogP) is 4.99. The molecule has 9 atom stereocenters. The molecule has 0 aromatic rings. The number of aliphatic hydroxyl groups is 1. The molecule has 0 spiro atoms. The molecule has 0 bridgehead atoms. The first-order valence-electron chi connectivity index (χ1n) is 14.2. The number of rotatable bonds is 10. The molecule has 3 N–H and O–H groups in total. The van der Waals surface area contributed by atoms with Gasteiger partial charge in [-0.3, -0.25) is 9.11 Å². The highest BCUT2D eigenvalue weighted by atomic mass is 32.3. The van der Waals surface area contributed by atoms with E-state index in [1.54, 1.807) is 0 Å². The summed E-state index contributed by atoms with van der Waals surface area (Å²) in [7, 11) is -9.14. The highest BCUT2D eigenvalue weighted by Crippen LogP contribution is 2.67. The largest absolute Gasteiger partial charge is 0.397 e. The van der Waals surface area contributed by atoms with Crippen LogP contribution in [0.3, 0.4) is 0 Å². The molecule has 0 aromatic carbocycles. The van der Waals surface area contributed by atoms with Crippen LogP contribution in [-0.4, -0.2) is 49.9 Å². The number of hydrogen-bond donors (Lipinski definition) is 3. The van der Waals surface area contributed by atoms with Crippen LogP contribution in [0, 0.1) is 46.3 Å². The first-order valence-corrected chi connectivity index (χ1v) is 16.9. The Morgan fingerprint density at radius 1 is 1.03 bits per heavy atom. The Bertz CT molecular complexity index is 1100. The van der Waals surface area contributed by atoms with Crippen molar-refractivity contribution in [1.82, 2.24) is 0 Å². The first-order chi connectivity index (χ1) is 17.5. The Balaban J connectivity index is 1.54. The molecular weight excluding hydrogens is 532 g/mol. The molecule has 0 saturated heterocycles. The van der Waals surface area contributed by atoms with Crippen molar-refractivity contribution >= 4 is 20.8 Å². The standard InChI is InChI=1S/C27H46O9S2/c1-17(2)6-5-7-18(16-35-37(29,30)31)21-10-11-22-20-9-8-19-14-25(36-38(32,33)34)24(28)15-27(19,4)23(20)12-13-26(21,22)3/h8,17-18,20-25,28H,5-7,9-16H2,1-4H3,(H,29,30,31)(H,32,33,34)/t18-,20+,21+,22+,23+,24-,25-,26+,27-/m0/s1. The van der Waals surface area contributed by atoms with Crippen molar-refractivity contribution in [2.45, 2.75) is 104 Å². The van der Waals surface area contributed by atoms with E-state index in [9.17, 15) is 26.5 Å². The van der Waals surface area contributed by atoms with Gasteiger partial charge in [-0.15, -0.1) is 0 Å². The number of fused-ring (bicyclic) bond motifs is 5. The Hall–Kier alpha value is -0.560. The van der Waals surface area contributed by atoms with Gasteiger partial charge in [-0.25, -0.2) is 8.37 Å². The van der Waals surface area contributed by atoms with Crippen molar-refractivity contribution in [1.29, 1.82) is 0 Å². The van der Waals surface area contributed by atoms with E-state index >= 15 is 0 Å². The van der Waals surface area contributed by atoms with E-state index in [4.69, 9.17) is 12.9 Å². The predicted molar refractivity (Wildman–Crippen MR) is 143 cm³/mol. The minimum atomic E-state index is -4.65. The summed E-state index contributed by atoms with van der Waals surface area (Å²) in [6, 6.07) is 0. The van der Waals surface area contributed by atoms with Gasteiger partial charge in [-0.1, -0.05) is 52.2 Å². The third kappa shape index (κ3) is 6.34. The van der Waals surface area contributed by atoms with Crippen molar-refractivity contribution in [3.8, 4) is 0 Å². The Morgan fingerprint density at radius 2 is 1.74 bits per heavy atom. The van der Waals surface area contributed by atoms with E-state index in [0.717, 1.165) is 56.9 Å². The lowest BCUT2D eigenvalue weighted by atomic mass is 9.46. The average Bonchev–Trinajstić information content (AvgIpc) is 3.12. The van der Waals surface area contributed by atoms with Gasteiger partial charge in [-0.05, 0) is 97.7 Å². The minimum Gasteiger partial charge on any atom is -0.390 e. The Morgan fingerprint density at radius 3 is 2.37 bits per heavy atom. The van der Waals surface area contributed by atoms with Crippen LogP contribution in [0.25, 0.3) is 0 Å². The summed E-state index contributed by atoms with van der Waals surface area (Å²) in [5.74, 6) is 2.18. The van der Waals surface area contributed by atoms with Crippen LogP contribution >= 0.6 is 0 Å². The molecule has 38 heavy (non-hydrogen) atoms. The van der Waals surface area contributed by atoms with Crippen molar-refractivity contribution in [2.75, 3.05) is 6.61 Å². The molecule has 220 valence electrons. The summed E-state index contributed by atoms with van der Waals surface area (Å²) in [5.41, 5.74) is 0.896. The maximum absolute atomic E-state index is 11.4. The van der Waals surface area contributed by atoms with Gasteiger partial charge in [0.25, 0.3) is 0 Å². The van der Waals surface area contributed by atoms with E-state index in [-0.39, 0.29) is 29.8 Å². The van der Waals surface area contributed by atoms with E-state index in [1.807, 2.05) is 0 Å². The topological polar surface area (TPSA) is 147 Å². The summed E-state index contributed by atoms with van der Waals surface area (Å²) >= 11 is 0. The second kappa shape index (κ2) is 11.0. The zero-order valence-electron chi connectivity index (χ0n) is 23.1. The highest BCUT2D eigenvalue weighted by molar-refractivity contribution is 7.81. The summed E-state index contributed by atoms with van der Waals surface area (Å²) in [6.07, 6.45) is 8.82. The molecule has 4 rings (SSSR count). The van der Waals surface area contributed by atoms with Gasteiger partial charge in [0.15, 0.2) is 0 Å². The molecular formula is C27H46O9S2. The third-order valence-electron chi connectivity index (χ3n) is 10.8. The van der Waals surface area contributed by atoms with Gasteiger partial charge in [0.2, 0.25) is 0 Å². The monoisotopic (exact) mass is 578 g/mol. The lowest BCUT2D eigenvalue weighted by molar-refractivity contribution is -0.0865. The maximum Gasteiger partial charge on any atom is 0.397 e. The number of hydrogen-bond acceptors (Lipinski definition) is 7. The zero-order chi connectivity index (χ0) is 28.1. The SMILES string of the molecule is CC(C)CCC[C@@H](COS(=O)(=O)O)[C@H]1CC[C@@H]2[C@H]3CC=C4C[C@H](OS(=O)(=O)O)[C@@H](O)C[C@]4(C)[C@@H]3CC[C@]12C. The van der Waals surface area contributed by atoms with E-state index in [2.05, 4.69) is 33.8 Å². The summed E-state index contributed by atoms with van der Waals surface area (Å²) in [6.45, 7) is 8.93. The Kier molecular flexibility index (Phi) is 8.82. The zero-order valence-corrected chi connectivity index (χ0v) is 24.7. The van der Waals surface area contributed by atoms with Crippen LogP contribution in [0.2, 0.25) is 0 Å². The van der Waals surface area contributed by atoms with Crippen LogP contribution in [0.4, 0.5) is 0 Å². The van der Waals surface area contributed by atoms with Crippen molar-refractivity contribution in [3.63, 3.8) is 0 Å². The van der Waals surface area contributed by atoms with Crippen LogP contribution in [0.15, 0.2) is 11.6 Å². The first kappa shape index (κ1) is 30.4. The lowest BCUT2D eigenvalue weighted by Crippen LogP contribution is -2.54. The molecule has 0 aliphatic heterocycles. The molecule has 0 amide bonds. The fraction of sp³-hybridized carbons (Fsp3) is 0.926. The molecule has 4 aliphatic carbocycles. The smallest absolute Gasteiger partial charge is 0.390 e. The normalized spacial score (nSPS) is 40.3. The Labute approximate surface area is 228 Å². The molecule has 9 nitrogen and oxygen atoms in total. The van der Waals surface area contributed by atoms with Gasteiger partial charge in [0.05, 0.1) is 12.7 Å². The average molecular weight is 579 g/mol. The van der Waals surface area contributed by atoms with Crippen LogP contribution in [0.5, 0.6) is 0 Å². The molecule has 0 aromatic heterocycles. The van der Waals surface area contributed by atoms with Gasteiger partial charge in [0.1, 0.15) is 6.10 Å². The van der Waals surface area contributed by atoms with Crippen LogP contribution < -0.4 is 0 Å². The fourth-order valence-corrected chi connectivity index (χ4v) is 9.96. The molecule has 4 aliphatic rings. The molecule has 11 heteroatoms. The summed E-state index contributed by atoms with van der Waals surface area (Å²) < 4.78 is 73.7. The second-order valence-electron chi connectivity index (χ2n) is 13.3. The van der Waals surface area contributed by atoms with E-state index in [0.29, 0.717) is 36.0 Å². The third-order valence-corrected chi connectivity index (χ3v) is 11.7. The molecule has 3 fully saturated rings. The number of allylic oxidation sites excluding steroid dienone is 1. The van der Waals surface area contributed by atoms with Gasteiger partial charge < -0.3 is 5.11 Å². The highest BCUT2D eigenvalue weighted by Gasteiger charge is 2.60. The molecule has 0 heterocycles. The van der Waals surface area contributed by atoms with Crippen LogP contribution in [0.1, 0.15) is 91.9 Å². The lowest BCUT2D eigenvalue weighted by Gasteiger charge is -2.59. The summed E-state index contributed by atoms with van der Waals surface area (Å²) in [4.78, 5) is 0. The van der Waals surface area contributed by atoms with Crippen molar-refractivity contribution in [3.05, 3.63) is 11.6 Å². The number of aliphatic hydroxyl groups excluding tert-OH is 1. The van der Waals surface area contributed by atoms with Crippen molar-refractivity contribution in [2.24, 2.45) is 46.3 Å². The van der Waals surface area contributed by atoms with Crippen molar-refractivity contribution < 1.29 is 39.4 Å². The summed E-state index contributed by atoms with van der Waals surface area (Å²) in [5, 5.41) is 10.8. The van der Waals surface area contributed by atoms with E-state index < -0.39 is 33.0 Å². The quantitative estimate of drug-likeness (QED) is 0.241. The van der Waals surface area contributed by atoms with Gasteiger partial charge in [-0.2, -0.15) is 16.8 Å².